The molecular formula is C23H24ClFN2O4. The molecule has 1 aromatic rings. The van der Waals surface area contributed by atoms with E-state index in [0.29, 0.717) is 19.3 Å². The summed E-state index contributed by atoms with van der Waals surface area (Å²) in [6.45, 7) is 4.94. The molecule has 1 aliphatic carbocycles. The molecule has 1 N–H and O–H groups in total. The van der Waals surface area contributed by atoms with Gasteiger partial charge in [-0.3, -0.25) is 9.79 Å². The Morgan fingerprint density at radius 3 is 2.71 bits per heavy atom. The lowest BCUT2D eigenvalue weighted by Gasteiger charge is -2.35. The van der Waals surface area contributed by atoms with Crippen LogP contribution in [-0.2, 0) is 14.3 Å². The van der Waals surface area contributed by atoms with E-state index < -0.39 is 41.1 Å². The zero-order valence-corrected chi connectivity index (χ0v) is 18.4. The third kappa shape index (κ3) is 3.97. The van der Waals surface area contributed by atoms with Gasteiger partial charge in [-0.15, -0.1) is 0 Å². The third-order valence-electron chi connectivity index (χ3n) is 6.40. The molecule has 0 saturated heterocycles. The highest BCUT2D eigenvalue weighted by Crippen LogP contribution is 2.46. The summed E-state index contributed by atoms with van der Waals surface area (Å²) >= 11 is 6.28. The lowest BCUT2D eigenvalue weighted by molar-refractivity contribution is -0.158. The maximum absolute atomic E-state index is 14.9. The van der Waals surface area contributed by atoms with Crippen LogP contribution in [0, 0.1) is 29.0 Å². The molecule has 0 radical (unpaired) electrons. The lowest BCUT2D eigenvalue weighted by atomic mass is 9.75. The monoisotopic (exact) mass is 446 g/mol. The summed E-state index contributed by atoms with van der Waals surface area (Å²) in [7, 11) is 0. The summed E-state index contributed by atoms with van der Waals surface area (Å²) < 4.78 is 20.8. The lowest BCUT2D eigenvalue weighted by Crippen LogP contribution is -2.41. The van der Waals surface area contributed by atoms with E-state index in [4.69, 9.17) is 16.3 Å². The minimum absolute atomic E-state index is 0.0185. The Morgan fingerprint density at radius 1 is 1.42 bits per heavy atom. The fourth-order valence-corrected chi connectivity index (χ4v) is 5.10. The van der Waals surface area contributed by atoms with Gasteiger partial charge < -0.3 is 9.84 Å². The first kappa shape index (κ1) is 23.0. The van der Waals surface area contributed by atoms with Gasteiger partial charge >= 0.3 is 11.9 Å². The fourth-order valence-electron chi connectivity index (χ4n) is 4.82. The Balaban J connectivity index is 2.15. The van der Waals surface area contributed by atoms with E-state index in [1.165, 1.54) is 25.1 Å². The van der Waals surface area contributed by atoms with Crippen LogP contribution < -0.4 is 0 Å². The predicted octanol–water partition coefficient (Wildman–Crippen LogP) is 5.03. The smallest absolute Gasteiger partial charge is 0.337 e. The molecule has 0 amide bonds. The number of carbonyl (C=O) groups excluding carboxylic acids is 1. The minimum atomic E-state index is -1.28. The van der Waals surface area contributed by atoms with Crippen LogP contribution in [0.3, 0.4) is 0 Å². The first-order valence-electron chi connectivity index (χ1n) is 10.2. The number of carbonyl (C=O) groups is 2. The standard InChI is InChI=1S/C23H24ClFN2O4/c1-4-23(10-6-7-14(23)11-26)31-22(30)18-13(3)27-12(2)17(21(28)29)20(18)19-15(24)8-5-9-16(19)25/h5,8-9,14,17,20H,4,6-7,10H2,1-3H3,(H,28,29). The van der Waals surface area contributed by atoms with Gasteiger partial charge in [-0.25, -0.2) is 9.18 Å². The fraction of sp³-hybridized carbons (Fsp3) is 0.478. The van der Waals surface area contributed by atoms with Gasteiger partial charge in [0, 0.05) is 27.9 Å². The van der Waals surface area contributed by atoms with E-state index in [9.17, 15) is 24.3 Å². The molecule has 3 rings (SSSR count). The van der Waals surface area contributed by atoms with Crippen molar-refractivity contribution in [3.8, 4) is 6.07 Å². The zero-order valence-electron chi connectivity index (χ0n) is 17.6. The molecule has 6 nitrogen and oxygen atoms in total. The summed E-state index contributed by atoms with van der Waals surface area (Å²) in [5.74, 6) is -5.68. The number of ether oxygens (including phenoxy) is 1. The van der Waals surface area contributed by atoms with Crippen molar-refractivity contribution in [2.75, 3.05) is 0 Å². The van der Waals surface area contributed by atoms with Crippen molar-refractivity contribution >= 4 is 29.3 Å². The Morgan fingerprint density at radius 2 is 2.13 bits per heavy atom. The van der Waals surface area contributed by atoms with Crippen LogP contribution in [0.25, 0.3) is 0 Å². The van der Waals surface area contributed by atoms with Crippen molar-refractivity contribution in [1.29, 1.82) is 5.26 Å². The molecule has 31 heavy (non-hydrogen) atoms. The van der Waals surface area contributed by atoms with E-state index >= 15 is 0 Å². The number of aliphatic carboxylic acids is 1. The number of esters is 1. The molecule has 0 spiro atoms. The molecule has 164 valence electrons. The normalized spacial score (nSPS) is 28.1. The molecule has 1 fully saturated rings. The number of carboxylic acid groups (broad SMARTS) is 1. The van der Waals surface area contributed by atoms with Crippen LogP contribution in [-0.4, -0.2) is 28.4 Å². The predicted molar refractivity (Wildman–Crippen MR) is 113 cm³/mol. The number of rotatable bonds is 5. The molecule has 1 heterocycles. The second-order valence-corrected chi connectivity index (χ2v) is 8.47. The average Bonchev–Trinajstić information content (AvgIpc) is 3.10. The maximum atomic E-state index is 14.9. The molecule has 1 aromatic carbocycles. The second kappa shape index (κ2) is 8.80. The summed E-state index contributed by atoms with van der Waals surface area (Å²) in [5, 5.41) is 19.5. The van der Waals surface area contributed by atoms with Gasteiger partial charge in [0.05, 0.1) is 17.6 Å². The number of nitriles is 1. The Labute approximate surface area is 185 Å². The van der Waals surface area contributed by atoms with E-state index in [1.54, 1.807) is 6.92 Å². The van der Waals surface area contributed by atoms with Gasteiger partial charge in [-0.1, -0.05) is 24.6 Å². The van der Waals surface area contributed by atoms with Gasteiger partial charge in [-0.05, 0) is 51.7 Å². The molecule has 8 heteroatoms. The number of carboxylic acids is 1. The second-order valence-electron chi connectivity index (χ2n) is 8.06. The quantitative estimate of drug-likeness (QED) is 0.639. The summed E-state index contributed by atoms with van der Waals surface area (Å²) in [6, 6.07) is 6.27. The van der Waals surface area contributed by atoms with Crippen LogP contribution in [0.4, 0.5) is 4.39 Å². The molecule has 4 atom stereocenters. The van der Waals surface area contributed by atoms with Crippen LogP contribution in [0.15, 0.2) is 34.5 Å². The number of allylic oxidation sites excluding steroid dienone is 1. The van der Waals surface area contributed by atoms with Gasteiger partial charge in [0.25, 0.3) is 0 Å². The van der Waals surface area contributed by atoms with Crippen molar-refractivity contribution in [1.82, 2.24) is 0 Å². The van der Waals surface area contributed by atoms with Crippen molar-refractivity contribution < 1.29 is 23.8 Å². The number of nitrogens with zero attached hydrogens (tertiary/aromatic N) is 2. The largest absolute Gasteiger partial charge is 0.481 e. The Kier molecular flexibility index (Phi) is 6.51. The SMILES string of the molecule is CCC1(OC(=O)C2=C(C)N=C(C)C(C(=O)O)C2c2c(F)cccc2Cl)CCCC1C#N. The highest BCUT2D eigenvalue weighted by molar-refractivity contribution is 6.31. The Hall–Kier alpha value is -2.72. The van der Waals surface area contributed by atoms with E-state index in [-0.39, 0.29) is 27.6 Å². The summed E-state index contributed by atoms with van der Waals surface area (Å²) in [6.07, 6.45) is 2.34. The number of aliphatic imine (C=N–C) groups is 1. The van der Waals surface area contributed by atoms with Crippen LogP contribution in [0.5, 0.6) is 0 Å². The molecule has 0 bridgehead atoms. The molecular weight excluding hydrogens is 423 g/mol. The minimum Gasteiger partial charge on any atom is -0.481 e. The van der Waals surface area contributed by atoms with E-state index in [1.807, 2.05) is 6.92 Å². The van der Waals surface area contributed by atoms with Gasteiger partial charge in [0.1, 0.15) is 17.3 Å². The molecule has 0 aromatic heterocycles. The van der Waals surface area contributed by atoms with Crippen LogP contribution in [0.1, 0.15) is 57.9 Å². The Bertz CT molecular complexity index is 1010. The number of benzene rings is 1. The van der Waals surface area contributed by atoms with Crippen LogP contribution >= 0.6 is 11.6 Å². The first-order valence-corrected chi connectivity index (χ1v) is 10.6. The van der Waals surface area contributed by atoms with Crippen molar-refractivity contribution in [2.45, 2.75) is 58.0 Å². The molecule has 2 aliphatic rings. The molecule has 1 saturated carbocycles. The highest BCUT2D eigenvalue weighted by Gasteiger charge is 2.49. The van der Waals surface area contributed by atoms with Crippen molar-refractivity contribution in [3.63, 3.8) is 0 Å². The summed E-state index contributed by atoms with van der Waals surface area (Å²) in [5.41, 5.74) is -0.585. The third-order valence-corrected chi connectivity index (χ3v) is 6.73. The molecule has 1 aliphatic heterocycles. The number of hydrogen-bond acceptors (Lipinski definition) is 5. The van der Waals surface area contributed by atoms with Gasteiger partial charge in [-0.2, -0.15) is 5.26 Å². The van der Waals surface area contributed by atoms with Crippen molar-refractivity contribution in [3.05, 3.63) is 45.9 Å². The van der Waals surface area contributed by atoms with E-state index in [0.717, 1.165) is 6.42 Å². The zero-order chi connectivity index (χ0) is 22.9. The first-order chi connectivity index (χ1) is 14.7. The number of halogens is 2. The van der Waals surface area contributed by atoms with E-state index in [2.05, 4.69) is 11.1 Å². The number of hydrogen-bond donors (Lipinski definition) is 1. The highest BCUT2D eigenvalue weighted by atomic mass is 35.5. The maximum Gasteiger partial charge on any atom is 0.337 e. The van der Waals surface area contributed by atoms with Crippen LogP contribution in [0.2, 0.25) is 5.02 Å². The van der Waals surface area contributed by atoms with Gasteiger partial charge in [0.15, 0.2) is 0 Å². The topological polar surface area (TPSA) is 99.8 Å². The summed E-state index contributed by atoms with van der Waals surface area (Å²) in [4.78, 5) is 29.9. The van der Waals surface area contributed by atoms with Crippen molar-refractivity contribution in [2.24, 2.45) is 16.8 Å². The van der Waals surface area contributed by atoms with Gasteiger partial charge in [0.2, 0.25) is 0 Å². The molecule has 4 unspecified atom stereocenters. The average molecular weight is 447 g/mol.